The number of hydrogen-bond donors (Lipinski definition) is 1. The van der Waals surface area contributed by atoms with E-state index in [1.54, 1.807) is 11.3 Å². The molecule has 0 bridgehead atoms. The van der Waals surface area contributed by atoms with Gasteiger partial charge in [0, 0.05) is 41.0 Å². The lowest BCUT2D eigenvalue weighted by atomic mass is 9.99. The Bertz CT molecular complexity index is 2940. The molecule has 0 saturated carbocycles. The number of aromatic nitrogens is 1. The molecule has 0 aliphatic carbocycles. The van der Waals surface area contributed by atoms with Gasteiger partial charge in [-0.2, -0.15) is 0 Å². The topological polar surface area (TPSA) is 29.3 Å². The standard InChI is InChI=1S/C42H25N3S2/c1-2-12-26(13-3-1)38-41(43-39-29-16-8-9-17-33(29)47-42(39)44-38)45-31-21-19-24-10-4-6-14-27(24)35(31)37-32(45)22-23-34-36(37)30-20-18-25-11-5-7-15-28(25)40(30)46-34/h1-23,38,44H. The van der Waals surface area contributed by atoms with Crippen LogP contribution in [0, 0.1) is 0 Å². The molecular weight excluding hydrogens is 611 g/mol. The van der Waals surface area contributed by atoms with Crippen LogP contribution in [0.15, 0.2) is 145 Å². The van der Waals surface area contributed by atoms with Gasteiger partial charge < -0.3 is 5.32 Å². The molecule has 1 aliphatic rings. The quantitative estimate of drug-likeness (QED) is 0.191. The second-order valence-electron chi connectivity index (χ2n) is 12.3. The molecule has 7 aromatic carbocycles. The number of anilines is 1. The Morgan fingerprint density at radius 2 is 1.19 bits per heavy atom. The van der Waals surface area contributed by atoms with Crippen molar-refractivity contribution in [1.29, 1.82) is 0 Å². The summed E-state index contributed by atoms with van der Waals surface area (Å²) >= 11 is 3.69. The zero-order valence-electron chi connectivity index (χ0n) is 25.1. The summed E-state index contributed by atoms with van der Waals surface area (Å²) in [4.78, 5) is 5.62. The molecule has 0 spiro atoms. The second kappa shape index (κ2) is 9.52. The van der Waals surface area contributed by atoms with Gasteiger partial charge >= 0.3 is 0 Å². The van der Waals surface area contributed by atoms with Crippen LogP contribution in [-0.2, 0) is 0 Å². The van der Waals surface area contributed by atoms with E-state index in [1.807, 2.05) is 11.3 Å². The Hall–Kier alpha value is -5.49. The number of aliphatic imine (C=N–C) groups is 1. The second-order valence-corrected chi connectivity index (χ2v) is 14.5. The summed E-state index contributed by atoms with van der Waals surface area (Å²) in [5.74, 6) is 0.992. The van der Waals surface area contributed by atoms with E-state index in [4.69, 9.17) is 4.99 Å². The molecule has 3 nitrogen and oxygen atoms in total. The Morgan fingerprint density at radius 3 is 2.06 bits per heavy atom. The van der Waals surface area contributed by atoms with Crippen molar-refractivity contribution in [1.82, 2.24) is 4.57 Å². The van der Waals surface area contributed by atoms with Gasteiger partial charge in [-0.15, -0.1) is 22.7 Å². The number of benzene rings is 7. The first kappa shape index (κ1) is 25.7. The zero-order chi connectivity index (χ0) is 30.6. The zero-order valence-corrected chi connectivity index (χ0v) is 26.7. The molecule has 4 heterocycles. The molecule has 1 N–H and O–H groups in total. The Balaban J connectivity index is 1.33. The maximum atomic E-state index is 5.62. The van der Waals surface area contributed by atoms with Gasteiger partial charge in [0.15, 0.2) is 0 Å². The summed E-state index contributed by atoms with van der Waals surface area (Å²) in [6.07, 6.45) is 0. The van der Waals surface area contributed by atoms with E-state index in [1.165, 1.54) is 79.2 Å². The van der Waals surface area contributed by atoms with Crippen molar-refractivity contribution in [2.45, 2.75) is 6.04 Å². The molecule has 0 amide bonds. The highest BCUT2D eigenvalue weighted by molar-refractivity contribution is 7.27. The average Bonchev–Trinajstić information content (AvgIpc) is 3.80. The maximum absolute atomic E-state index is 5.62. The highest BCUT2D eigenvalue weighted by Crippen LogP contribution is 2.50. The molecule has 10 aromatic rings. The molecule has 1 unspecified atom stereocenters. The minimum absolute atomic E-state index is 0.124. The summed E-state index contributed by atoms with van der Waals surface area (Å²) in [6, 6.07) is 50.7. The van der Waals surface area contributed by atoms with E-state index in [0.717, 1.165) is 16.5 Å². The summed E-state index contributed by atoms with van der Waals surface area (Å²) in [7, 11) is 0. The first-order valence-electron chi connectivity index (χ1n) is 15.9. The summed E-state index contributed by atoms with van der Waals surface area (Å²) < 4.78 is 6.35. The Morgan fingerprint density at radius 1 is 0.511 bits per heavy atom. The van der Waals surface area contributed by atoms with E-state index in [2.05, 4.69) is 149 Å². The predicted molar refractivity (Wildman–Crippen MR) is 204 cm³/mol. The van der Waals surface area contributed by atoms with Gasteiger partial charge in [-0.25, -0.2) is 4.99 Å². The van der Waals surface area contributed by atoms with E-state index >= 15 is 0 Å². The average molecular weight is 636 g/mol. The van der Waals surface area contributed by atoms with Gasteiger partial charge in [0.2, 0.25) is 0 Å². The minimum Gasteiger partial charge on any atom is -0.361 e. The molecule has 1 atom stereocenters. The van der Waals surface area contributed by atoms with E-state index in [-0.39, 0.29) is 6.04 Å². The molecule has 0 fully saturated rings. The number of rotatable bonds is 1. The van der Waals surface area contributed by atoms with Crippen LogP contribution in [0.25, 0.3) is 73.6 Å². The van der Waals surface area contributed by atoms with E-state index in [9.17, 15) is 0 Å². The Labute approximate surface area is 277 Å². The predicted octanol–water partition coefficient (Wildman–Crippen LogP) is 12.4. The molecule has 220 valence electrons. The monoisotopic (exact) mass is 635 g/mol. The summed E-state index contributed by atoms with van der Waals surface area (Å²) in [5, 5.41) is 16.6. The molecular formula is C42H25N3S2. The fraction of sp³-hybridized carbons (Fsp3) is 0.0238. The SMILES string of the molecule is c1ccc(C2Nc3sc4ccccc4c3N=C2n2c3ccc4ccccc4c3c3c4c(ccc32)sc2c3ccccc3ccc24)cc1. The van der Waals surface area contributed by atoms with Gasteiger partial charge in [-0.3, -0.25) is 4.57 Å². The van der Waals surface area contributed by atoms with Crippen LogP contribution < -0.4 is 5.32 Å². The summed E-state index contributed by atoms with van der Waals surface area (Å²) in [5.41, 5.74) is 4.58. The van der Waals surface area contributed by atoms with Gasteiger partial charge in [-0.05, 0) is 51.4 Å². The number of nitrogens with one attached hydrogen (secondary N) is 1. The van der Waals surface area contributed by atoms with Crippen LogP contribution in [0.1, 0.15) is 11.6 Å². The van der Waals surface area contributed by atoms with Crippen molar-refractivity contribution in [2.24, 2.45) is 4.99 Å². The highest BCUT2D eigenvalue weighted by Gasteiger charge is 2.31. The van der Waals surface area contributed by atoms with Gasteiger partial charge in [-0.1, -0.05) is 115 Å². The third-order valence-electron chi connectivity index (χ3n) is 9.84. The molecule has 0 saturated heterocycles. The molecule has 47 heavy (non-hydrogen) atoms. The maximum Gasteiger partial charge on any atom is 0.141 e. The van der Waals surface area contributed by atoms with Crippen LogP contribution in [0.5, 0.6) is 0 Å². The van der Waals surface area contributed by atoms with Crippen LogP contribution >= 0.6 is 22.7 Å². The van der Waals surface area contributed by atoms with Crippen LogP contribution in [0.3, 0.4) is 0 Å². The van der Waals surface area contributed by atoms with E-state index in [0.29, 0.717) is 0 Å². The number of hydrogen-bond acceptors (Lipinski definition) is 4. The lowest BCUT2D eigenvalue weighted by Gasteiger charge is -2.27. The third kappa shape index (κ3) is 3.53. The van der Waals surface area contributed by atoms with Crippen LogP contribution in [-0.4, -0.2) is 10.4 Å². The minimum atomic E-state index is -0.124. The first-order valence-corrected chi connectivity index (χ1v) is 17.6. The molecule has 5 heteroatoms. The highest BCUT2D eigenvalue weighted by atomic mass is 32.1. The lowest BCUT2D eigenvalue weighted by Crippen LogP contribution is -2.29. The molecule has 3 aromatic heterocycles. The van der Waals surface area contributed by atoms with Gasteiger partial charge in [0.1, 0.15) is 22.6 Å². The number of fused-ring (bicyclic) bond motifs is 14. The van der Waals surface area contributed by atoms with Crippen molar-refractivity contribution >= 4 is 113 Å². The van der Waals surface area contributed by atoms with Crippen molar-refractivity contribution in [3.63, 3.8) is 0 Å². The number of nitrogens with zero attached hydrogens (tertiary/aromatic N) is 2. The Kier molecular flexibility index (Phi) is 5.20. The fourth-order valence-corrected chi connectivity index (χ4v) is 10.1. The van der Waals surface area contributed by atoms with Gasteiger partial charge in [0.05, 0.1) is 11.0 Å². The van der Waals surface area contributed by atoms with E-state index < -0.39 is 0 Å². The fourth-order valence-electron chi connectivity index (χ4n) is 7.78. The smallest absolute Gasteiger partial charge is 0.141 e. The first-order chi connectivity index (χ1) is 23.3. The van der Waals surface area contributed by atoms with Crippen LogP contribution in [0.4, 0.5) is 10.7 Å². The molecule has 0 radical (unpaired) electrons. The van der Waals surface area contributed by atoms with Crippen LogP contribution in [0.2, 0.25) is 0 Å². The van der Waals surface area contributed by atoms with Crippen molar-refractivity contribution in [3.05, 3.63) is 145 Å². The molecule has 1 aliphatic heterocycles. The lowest BCUT2D eigenvalue weighted by molar-refractivity contribution is 0.971. The van der Waals surface area contributed by atoms with Crippen molar-refractivity contribution in [2.75, 3.05) is 5.32 Å². The largest absolute Gasteiger partial charge is 0.361 e. The van der Waals surface area contributed by atoms with Gasteiger partial charge in [0.25, 0.3) is 0 Å². The van der Waals surface area contributed by atoms with Crippen molar-refractivity contribution < 1.29 is 0 Å². The molecule has 11 rings (SSSR count). The number of thiophene rings is 2. The van der Waals surface area contributed by atoms with Crippen molar-refractivity contribution in [3.8, 4) is 0 Å². The third-order valence-corrected chi connectivity index (χ3v) is 12.1. The summed E-state index contributed by atoms with van der Waals surface area (Å²) in [6.45, 7) is 0. The normalized spacial score (nSPS) is 14.9.